The van der Waals surface area contributed by atoms with Crippen LogP contribution in [0.1, 0.15) is 64.6 Å². The normalized spacial score (nSPS) is 14.6. The molecule has 0 aliphatic carbocycles. The van der Waals surface area contributed by atoms with Crippen LogP contribution in [0.2, 0.25) is 0 Å². The van der Waals surface area contributed by atoms with E-state index in [4.69, 9.17) is 0 Å². The summed E-state index contributed by atoms with van der Waals surface area (Å²) in [7, 11) is 0. The molecule has 1 rings (SSSR count). The molecule has 0 spiro atoms. The van der Waals surface area contributed by atoms with E-state index in [-0.39, 0.29) is 0 Å². The number of hydrogen-bond acceptors (Lipinski definition) is 1. The van der Waals surface area contributed by atoms with Crippen molar-refractivity contribution < 1.29 is 0 Å². The zero-order chi connectivity index (χ0) is 14.3. The number of nitrogens with one attached hydrogen (secondary N) is 1. The average molecular weight is 261 g/mol. The van der Waals surface area contributed by atoms with Gasteiger partial charge in [-0.1, -0.05) is 65.3 Å². The summed E-state index contributed by atoms with van der Waals surface area (Å²) in [6, 6.07) is 9.59. The molecule has 1 N–H and O–H groups in total. The lowest BCUT2D eigenvalue weighted by Crippen LogP contribution is -2.29. The quantitative estimate of drug-likeness (QED) is 0.696. The number of benzene rings is 1. The van der Waals surface area contributed by atoms with E-state index in [1.165, 1.54) is 24.0 Å². The Bertz CT molecular complexity index is 339. The average Bonchev–Trinajstić information content (AvgIpc) is 2.39. The Kier molecular flexibility index (Phi) is 7.15. The molecule has 0 fully saturated rings. The van der Waals surface area contributed by atoms with Gasteiger partial charge in [-0.05, 0) is 42.3 Å². The van der Waals surface area contributed by atoms with Crippen LogP contribution >= 0.6 is 0 Å². The molecule has 19 heavy (non-hydrogen) atoms. The molecule has 1 aromatic rings. The van der Waals surface area contributed by atoms with E-state index in [2.05, 4.69) is 64.2 Å². The molecule has 2 atom stereocenters. The van der Waals surface area contributed by atoms with Gasteiger partial charge in [-0.15, -0.1) is 0 Å². The smallest absolute Gasteiger partial charge is 0.0343 e. The van der Waals surface area contributed by atoms with E-state index in [0.717, 1.165) is 18.9 Å². The number of hydrogen-bond donors (Lipinski definition) is 1. The van der Waals surface area contributed by atoms with Gasteiger partial charge in [0.15, 0.2) is 0 Å². The zero-order valence-electron chi connectivity index (χ0n) is 13.4. The van der Waals surface area contributed by atoms with Gasteiger partial charge < -0.3 is 5.32 Å². The Morgan fingerprint density at radius 1 is 1.00 bits per heavy atom. The second kappa shape index (κ2) is 8.37. The lowest BCUT2D eigenvalue weighted by molar-refractivity contribution is 0.369. The summed E-state index contributed by atoms with van der Waals surface area (Å²) in [5.74, 6) is 1.39. The third kappa shape index (κ3) is 5.36. The molecule has 0 heterocycles. The Morgan fingerprint density at radius 3 is 2.11 bits per heavy atom. The van der Waals surface area contributed by atoms with Crippen LogP contribution < -0.4 is 5.32 Å². The highest BCUT2D eigenvalue weighted by atomic mass is 14.9. The third-order valence-electron chi connectivity index (χ3n) is 3.88. The van der Waals surface area contributed by atoms with Crippen LogP contribution in [0.5, 0.6) is 0 Å². The monoisotopic (exact) mass is 261 g/mol. The van der Waals surface area contributed by atoms with Crippen LogP contribution in [0.15, 0.2) is 24.3 Å². The maximum atomic E-state index is 3.76. The van der Waals surface area contributed by atoms with Crippen LogP contribution in [0, 0.1) is 11.8 Å². The molecular weight excluding hydrogens is 230 g/mol. The standard InChI is InChI=1S/C18H31N/c1-6-8-15(5)13-19-18(14(3)4)17-11-9-16(7-2)10-12-17/h9-12,14-15,18-19H,6-8,13H2,1-5H3. The summed E-state index contributed by atoms with van der Waals surface area (Å²) in [5.41, 5.74) is 2.85. The molecule has 0 aromatic heterocycles. The first-order chi connectivity index (χ1) is 9.08. The van der Waals surface area contributed by atoms with E-state index >= 15 is 0 Å². The molecule has 0 amide bonds. The fraction of sp³-hybridized carbons (Fsp3) is 0.667. The minimum atomic E-state index is 0.477. The predicted octanol–water partition coefficient (Wildman–Crippen LogP) is 4.97. The topological polar surface area (TPSA) is 12.0 Å². The van der Waals surface area contributed by atoms with Gasteiger partial charge in [-0.3, -0.25) is 0 Å². The summed E-state index contributed by atoms with van der Waals surface area (Å²) in [6.45, 7) is 12.5. The highest BCUT2D eigenvalue weighted by Crippen LogP contribution is 2.22. The third-order valence-corrected chi connectivity index (χ3v) is 3.88. The maximum Gasteiger partial charge on any atom is 0.0343 e. The van der Waals surface area contributed by atoms with Crippen molar-refractivity contribution in [3.63, 3.8) is 0 Å². The molecule has 108 valence electrons. The molecule has 1 aromatic carbocycles. The lowest BCUT2D eigenvalue weighted by Gasteiger charge is -2.25. The lowest BCUT2D eigenvalue weighted by atomic mass is 9.94. The number of rotatable bonds is 8. The van der Waals surface area contributed by atoms with Gasteiger partial charge in [-0.2, -0.15) is 0 Å². The van der Waals surface area contributed by atoms with Crippen LogP contribution in [0.25, 0.3) is 0 Å². The van der Waals surface area contributed by atoms with Crippen molar-refractivity contribution in [2.75, 3.05) is 6.54 Å². The molecule has 0 aliphatic heterocycles. The van der Waals surface area contributed by atoms with Crippen LogP contribution in [0.4, 0.5) is 0 Å². The van der Waals surface area contributed by atoms with Crippen molar-refractivity contribution in [3.05, 3.63) is 35.4 Å². The number of aryl methyl sites for hydroxylation is 1. The van der Waals surface area contributed by atoms with Crippen molar-refractivity contribution in [1.29, 1.82) is 0 Å². The van der Waals surface area contributed by atoms with Gasteiger partial charge in [0.2, 0.25) is 0 Å². The summed E-state index contributed by atoms with van der Waals surface area (Å²) in [6.07, 6.45) is 3.71. The fourth-order valence-electron chi connectivity index (χ4n) is 2.62. The molecule has 1 nitrogen and oxygen atoms in total. The summed E-state index contributed by atoms with van der Waals surface area (Å²) < 4.78 is 0. The SMILES string of the molecule is CCCC(C)CNC(c1ccc(CC)cc1)C(C)C. The van der Waals surface area contributed by atoms with Gasteiger partial charge in [0.25, 0.3) is 0 Å². The van der Waals surface area contributed by atoms with Crippen LogP contribution in [-0.2, 0) is 6.42 Å². The predicted molar refractivity (Wildman–Crippen MR) is 85.5 cm³/mol. The molecular formula is C18H31N. The zero-order valence-corrected chi connectivity index (χ0v) is 13.4. The molecule has 1 heteroatoms. The summed E-state index contributed by atoms with van der Waals surface area (Å²) in [4.78, 5) is 0. The first kappa shape index (κ1) is 16.2. The largest absolute Gasteiger partial charge is 0.309 e. The van der Waals surface area contributed by atoms with Gasteiger partial charge in [-0.25, -0.2) is 0 Å². The van der Waals surface area contributed by atoms with E-state index in [0.29, 0.717) is 12.0 Å². The summed E-state index contributed by atoms with van der Waals surface area (Å²) in [5, 5.41) is 3.76. The first-order valence-electron chi connectivity index (χ1n) is 7.90. The first-order valence-corrected chi connectivity index (χ1v) is 7.90. The minimum absolute atomic E-state index is 0.477. The Balaban J connectivity index is 2.65. The highest BCUT2D eigenvalue weighted by molar-refractivity contribution is 5.25. The van der Waals surface area contributed by atoms with E-state index in [1.54, 1.807) is 0 Å². The van der Waals surface area contributed by atoms with E-state index in [1.807, 2.05) is 0 Å². The summed E-state index contributed by atoms with van der Waals surface area (Å²) >= 11 is 0. The molecule has 0 aliphatic rings. The van der Waals surface area contributed by atoms with Crippen molar-refractivity contribution in [3.8, 4) is 0 Å². The molecule has 0 bridgehead atoms. The molecule has 0 radical (unpaired) electrons. The van der Waals surface area contributed by atoms with Gasteiger partial charge in [0.1, 0.15) is 0 Å². The van der Waals surface area contributed by atoms with E-state index < -0.39 is 0 Å². The highest BCUT2D eigenvalue weighted by Gasteiger charge is 2.15. The maximum absolute atomic E-state index is 3.76. The molecule has 0 saturated heterocycles. The van der Waals surface area contributed by atoms with E-state index in [9.17, 15) is 0 Å². The van der Waals surface area contributed by atoms with Gasteiger partial charge in [0, 0.05) is 6.04 Å². The fourth-order valence-corrected chi connectivity index (χ4v) is 2.62. The van der Waals surface area contributed by atoms with Crippen LogP contribution in [0.3, 0.4) is 0 Å². The van der Waals surface area contributed by atoms with Crippen molar-refractivity contribution in [1.82, 2.24) is 5.32 Å². The Labute approximate surface area is 119 Å². The van der Waals surface area contributed by atoms with Gasteiger partial charge >= 0.3 is 0 Å². The second-order valence-corrected chi connectivity index (χ2v) is 6.12. The Hall–Kier alpha value is -0.820. The second-order valence-electron chi connectivity index (χ2n) is 6.12. The van der Waals surface area contributed by atoms with Crippen molar-refractivity contribution in [2.45, 2.75) is 59.9 Å². The Morgan fingerprint density at radius 2 is 1.63 bits per heavy atom. The van der Waals surface area contributed by atoms with Crippen LogP contribution in [-0.4, -0.2) is 6.54 Å². The van der Waals surface area contributed by atoms with Gasteiger partial charge in [0.05, 0.1) is 0 Å². The van der Waals surface area contributed by atoms with Crippen molar-refractivity contribution in [2.24, 2.45) is 11.8 Å². The molecule has 0 saturated carbocycles. The minimum Gasteiger partial charge on any atom is -0.309 e. The molecule has 2 unspecified atom stereocenters. The van der Waals surface area contributed by atoms with Crippen molar-refractivity contribution >= 4 is 0 Å².